The third-order valence-electron chi connectivity index (χ3n) is 4.75. The van der Waals surface area contributed by atoms with E-state index in [0.717, 1.165) is 31.1 Å². The molecule has 0 unspecified atom stereocenters. The first-order chi connectivity index (χ1) is 12.2. The van der Waals surface area contributed by atoms with Crippen LogP contribution in [0.2, 0.25) is 0 Å². The van der Waals surface area contributed by atoms with E-state index in [0.29, 0.717) is 5.92 Å². The molecule has 3 nitrogen and oxygen atoms in total. The van der Waals surface area contributed by atoms with Crippen LogP contribution in [0.4, 0.5) is 0 Å². The lowest BCUT2D eigenvalue weighted by Crippen LogP contribution is -2.30. The van der Waals surface area contributed by atoms with Crippen molar-refractivity contribution < 1.29 is 9.47 Å². The van der Waals surface area contributed by atoms with Gasteiger partial charge in [0.25, 0.3) is 0 Å². The second-order valence-corrected chi connectivity index (χ2v) is 6.35. The Morgan fingerprint density at radius 1 is 0.800 bits per heavy atom. The van der Waals surface area contributed by atoms with Gasteiger partial charge in [-0.3, -0.25) is 0 Å². The summed E-state index contributed by atoms with van der Waals surface area (Å²) in [5.41, 5.74) is 2.64. The van der Waals surface area contributed by atoms with Crippen LogP contribution in [0.25, 0.3) is 0 Å². The Kier molecular flexibility index (Phi) is 7.80. The third-order valence-corrected chi connectivity index (χ3v) is 4.75. The van der Waals surface area contributed by atoms with Crippen molar-refractivity contribution in [2.75, 3.05) is 33.9 Å². The summed E-state index contributed by atoms with van der Waals surface area (Å²) in [5.74, 6) is 2.14. The van der Waals surface area contributed by atoms with E-state index < -0.39 is 0 Å². The molecule has 0 N–H and O–H groups in total. The Labute approximate surface area is 152 Å². The van der Waals surface area contributed by atoms with Gasteiger partial charge >= 0.3 is 0 Å². The Morgan fingerprint density at radius 3 is 1.64 bits per heavy atom. The number of nitrogens with zero attached hydrogens (tertiary/aromatic N) is 1. The predicted molar refractivity (Wildman–Crippen MR) is 105 cm³/mol. The normalized spacial score (nSPS) is 11.1. The van der Waals surface area contributed by atoms with Gasteiger partial charge < -0.3 is 14.4 Å². The van der Waals surface area contributed by atoms with Crippen molar-refractivity contribution in [2.24, 2.45) is 0 Å². The van der Waals surface area contributed by atoms with Crippen molar-refractivity contribution in [3.05, 3.63) is 59.7 Å². The molecule has 0 bridgehead atoms. The van der Waals surface area contributed by atoms with E-state index in [4.69, 9.17) is 9.47 Å². The summed E-state index contributed by atoms with van der Waals surface area (Å²) in [4.78, 5) is 2.54. The second kappa shape index (κ2) is 10.1. The third kappa shape index (κ3) is 5.50. The number of rotatable bonds is 10. The Balaban J connectivity index is 2.28. The zero-order chi connectivity index (χ0) is 18.1. The highest BCUT2D eigenvalue weighted by Gasteiger charge is 2.18. The van der Waals surface area contributed by atoms with Gasteiger partial charge in [0, 0.05) is 12.5 Å². The molecular formula is C22H31NO2. The van der Waals surface area contributed by atoms with Gasteiger partial charge in [0.15, 0.2) is 0 Å². The SMILES string of the molecule is CCCCN(CC)CC(c1ccc(OC)cc1)c1ccc(OC)cc1. The number of unbranched alkanes of at least 4 members (excludes halogenated alkanes) is 1. The fourth-order valence-electron chi connectivity index (χ4n) is 3.09. The summed E-state index contributed by atoms with van der Waals surface area (Å²) < 4.78 is 10.6. The van der Waals surface area contributed by atoms with Gasteiger partial charge in [0.1, 0.15) is 11.5 Å². The van der Waals surface area contributed by atoms with Crippen LogP contribution in [-0.4, -0.2) is 38.8 Å². The molecule has 2 rings (SSSR count). The summed E-state index contributed by atoms with van der Waals surface area (Å²) in [6.07, 6.45) is 2.47. The Morgan fingerprint density at radius 2 is 1.28 bits per heavy atom. The van der Waals surface area contributed by atoms with Crippen molar-refractivity contribution >= 4 is 0 Å². The van der Waals surface area contributed by atoms with Crippen molar-refractivity contribution in [3.8, 4) is 11.5 Å². The lowest BCUT2D eigenvalue weighted by Gasteiger charge is -2.27. The predicted octanol–water partition coefficient (Wildman–Crippen LogP) is 4.96. The van der Waals surface area contributed by atoms with Crippen LogP contribution in [0, 0.1) is 0 Å². The van der Waals surface area contributed by atoms with Crippen LogP contribution in [0.3, 0.4) is 0 Å². The number of likely N-dealkylation sites (N-methyl/N-ethyl adjacent to an activating group) is 1. The Bertz CT molecular complexity index is 559. The highest BCUT2D eigenvalue weighted by Crippen LogP contribution is 2.29. The zero-order valence-corrected chi connectivity index (χ0v) is 16.0. The summed E-state index contributed by atoms with van der Waals surface area (Å²) in [7, 11) is 3.42. The highest BCUT2D eigenvalue weighted by atomic mass is 16.5. The highest BCUT2D eigenvalue weighted by molar-refractivity contribution is 5.38. The van der Waals surface area contributed by atoms with Gasteiger partial charge in [0.2, 0.25) is 0 Å². The van der Waals surface area contributed by atoms with Crippen LogP contribution >= 0.6 is 0 Å². The molecule has 0 amide bonds. The minimum absolute atomic E-state index is 0.341. The second-order valence-electron chi connectivity index (χ2n) is 6.35. The van der Waals surface area contributed by atoms with Gasteiger partial charge in [-0.05, 0) is 54.9 Å². The van der Waals surface area contributed by atoms with E-state index in [1.165, 1.54) is 24.0 Å². The maximum Gasteiger partial charge on any atom is 0.118 e. The van der Waals surface area contributed by atoms with Crippen molar-refractivity contribution in [1.82, 2.24) is 4.90 Å². The molecule has 0 aliphatic heterocycles. The van der Waals surface area contributed by atoms with Crippen molar-refractivity contribution in [1.29, 1.82) is 0 Å². The topological polar surface area (TPSA) is 21.7 Å². The van der Waals surface area contributed by atoms with Crippen LogP contribution in [0.5, 0.6) is 11.5 Å². The van der Waals surface area contributed by atoms with Gasteiger partial charge in [-0.1, -0.05) is 44.5 Å². The summed E-state index contributed by atoms with van der Waals surface area (Å²) in [5, 5.41) is 0. The first-order valence-electron chi connectivity index (χ1n) is 9.22. The summed E-state index contributed by atoms with van der Waals surface area (Å²) in [6, 6.07) is 16.9. The monoisotopic (exact) mass is 341 g/mol. The molecule has 0 aliphatic rings. The molecule has 136 valence electrons. The molecule has 2 aromatic rings. The molecule has 0 radical (unpaired) electrons. The minimum atomic E-state index is 0.341. The van der Waals surface area contributed by atoms with E-state index in [2.05, 4.69) is 43.0 Å². The minimum Gasteiger partial charge on any atom is -0.497 e. The molecule has 2 aromatic carbocycles. The number of hydrogen-bond acceptors (Lipinski definition) is 3. The van der Waals surface area contributed by atoms with Crippen LogP contribution in [0.1, 0.15) is 43.7 Å². The lowest BCUT2D eigenvalue weighted by atomic mass is 9.90. The van der Waals surface area contributed by atoms with Gasteiger partial charge in [-0.2, -0.15) is 0 Å². The molecule has 0 aliphatic carbocycles. The number of ether oxygens (including phenoxy) is 2. The lowest BCUT2D eigenvalue weighted by molar-refractivity contribution is 0.275. The molecular weight excluding hydrogens is 310 g/mol. The first-order valence-corrected chi connectivity index (χ1v) is 9.22. The van der Waals surface area contributed by atoms with E-state index in [1.54, 1.807) is 14.2 Å². The van der Waals surface area contributed by atoms with Crippen molar-refractivity contribution in [3.63, 3.8) is 0 Å². The average molecular weight is 341 g/mol. The van der Waals surface area contributed by atoms with Crippen LogP contribution in [-0.2, 0) is 0 Å². The molecule has 0 heterocycles. The summed E-state index contributed by atoms with van der Waals surface area (Å²) in [6.45, 7) is 7.74. The molecule has 0 fully saturated rings. The largest absolute Gasteiger partial charge is 0.497 e. The molecule has 0 saturated heterocycles. The van der Waals surface area contributed by atoms with Gasteiger partial charge in [-0.25, -0.2) is 0 Å². The number of methoxy groups -OCH3 is 2. The molecule has 0 atom stereocenters. The zero-order valence-electron chi connectivity index (χ0n) is 16.0. The molecule has 0 spiro atoms. The number of hydrogen-bond donors (Lipinski definition) is 0. The fraction of sp³-hybridized carbons (Fsp3) is 0.455. The Hall–Kier alpha value is -2.00. The maximum atomic E-state index is 5.31. The van der Waals surface area contributed by atoms with E-state index in [9.17, 15) is 0 Å². The summed E-state index contributed by atoms with van der Waals surface area (Å²) >= 11 is 0. The molecule has 25 heavy (non-hydrogen) atoms. The average Bonchev–Trinajstić information content (AvgIpc) is 2.68. The molecule has 0 aromatic heterocycles. The smallest absolute Gasteiger partial charge is 0.118 e. The van der Waals surface area contributed by atoms with Crippen molar-refractivity contribution in [2.45, 2.75) is 32.6 Å². The quantitative estimate of drug-likeness (QED) is 0.610. The van der Waals surface area contributed by atoms with E-state index >= 15 is 0 Å². The maximum absolute atomic E-state index is 5.31. The fourth-order valence-corrected chi connectivity index (χ4v) is 3.09. The first kappa shape index (κ1) is 19.3. The van der Waals surface area contributed by atoms with E-state index in [1.807, 2.05) is 24.3 Å². The molecule has 0 saturated carbocycles. The van der Waals surface area contributed by atoms with Gasteiger partial charge in [-0.15, -0.1) is 0 Å². The molecule has 3 heteroatoms. The van der Waals surface area contributed by atoms with Crippen LogP contribution in [0.15, 0.2) is 48.5 Å². The van der Waals surface area contributed by atoms with E-state index in [-0.39, 0.29) is 0 Å². The van der Waals surface area contributed by atoms with Crippen LogP contribution < -0.4 is 9.47 Å². The van der Waals surface area contributed by atoms with Gasteiger partial charge in [0.05, 0.1) is 14.2 Å². The number of benzene rings is 2. The standard InChI is InChI=1S/C22H31NO2/c1-5-7-16-23(6-2)17-22(18-8-12-20(24-3)13-9-18)19-10-14-21(25-4)15-11-19/h8-15,22H,5-7,16-17H2,1-4H3.